The molecule has 0 aromatic carbocycles. The van der Waals surface area contributed by atoms with Crippen LogP contribution >= 0.6 is 0 Å². The lowest BCUT2D eigenvalue weighted by Crippen LogP contribution is -2.58. The Morgan fingerprint density at radius 3 is 1.37 bits per heavy atom. The van der Waals surface area contributed by atoms with E-state index >= 15 is 0 Å². The van der Waals surface area contributed by atoms with Gasteiger partial charge in [-0.2, -0.15) is 0 Å². The van der Waals surface area contributed by atoms with Crippen molar-refractivity contribution in [1.29, 1.82) is 0 Å². The van der Waals surface area contributed by atoms with E-state index in [1.807, 2.05) is 0 Å². The lowest BCUT2D eigenvalue weighted by Gasteiger charge is -2.48. The molecule has 2 fully saturated rings. The van der Waals surface area contributed by atoms with E-state index in [9.17, 15) is 0 Å². The molecule has 0 spiro atoms. The summed E-state index contributed by atoms with van der Waals surface area (Å²) in [5.41, 5.74) is 0.929. The van der Waals surface area contributed by atoms with Gasteiger partial charge in [0.05, 0.1) is 0 Å². The van der Waals surface area contributed by atoms with Crippen LogP contribution < -0.4 is 0 Å². The molecule has 4 heteroatoms. The molecule has 0 radical (unpaired) electrons. The topological polar surface area (TPSA) is 13.0 Å². The van der Waals surface area contributed by atoms with Gasteiger partial charge in [0.2, 0.25) is 0 Å². The van der Waals surface area contributed by atoms with Gasteiger partial charge in [0.15, 0.2) is 0 Å². The second-order valence-corrected chi connectivity index (χ2v) is 11.5. The van der Waals surface area contributed by atoms with E-state index in [0.29, 0.717) is 22.7 Å². The van der Waals surface area contributed by atoms with Crippen molar-refractivity contribution in [3.8, 4) is 0 Å². The molecule has 0 amide bonds. The van der Waals surface area contributed by atoms with E-state index in [4.69, 9.17) is 0 Å². The molecule has 2 heterocycles. The summed E-state index contributed by atoms with van der Waals surface area (Å²) < 4.78 is 0. The van der Waals surface area contributed by atoms with Gasteiger partial charge in [-0.05, 0) is 75.2 Å². The molecular weight excluding hydrogens is 332 g/mol. The van der Waals surface area contributed by atoms with Crippen LogP contribution in [0, 0.1) is 0 Å². The van der Waals surface area contributed by atoms with Crippen LogP contribution in [0.2, 0.25) is 0 Å². The van der Waals surface area contributed by atoms with Crippen molar-refractivity contribution in [3.63, 3.8) is 0 Å². The maximum absolute atomic E-state index is 2.74. The first-order valence-electron chi connectivity index (χ1n) is 11.3. The second-order valence-electron chi connectivity index (χ2n) is 11.5. The molecule has 0 aromatic heterocycles. The lowest BCUT2D eigenvalue weighted by molar-refractivity contribution is 0.00446. The molecule has 2 aliphatic heterocycles. The number of rotatable bonds is 5. The zero-order valence-electron chi connectivity index (χ0n) is 19.9. The lowest BCUT2D eigenvalue weighted by atomic mass is 9.92. The Bertz CT molecular complexity index is 444. The summed E-state index contributed by atoms with van der Waals surface area (Å²) in [4.78, 5) is 10.7. The van der Waals surface area contributed by atoms with Gasteiger partial charge in [0.25, 0.3) is 0 Å². The smallest absolute Gasteiger partial charge is 0.0154 e. The Labute approximate surface area is 170 Å². The van der Waals surface area contributed by atoms with Crippen molar-refractivity contribution in [1.82, 2.24) is 19.6 Å². The summed E-state index contributed by atoms with van der Waals surface area (Å²) in [6, 6.07) is 0.697. The van der Waals surface area contributed by atoms with Crippen LogP contribution in [0.15, 0.2) is 0 Å². The SMILES string of the molecule is CC(CCC(C)(C)N1CCN(C(C)(C)C)CC1)N1CCN(C(C)(C)C)CC1. The maximum atomic E-state index is 2.74. The van der Waals surface area contributed by atoms with Crippen LogP contribution in [0.3, 0.4) is 0 Å². The summed E-state index contributed by atoms with van der Waals surface area (Å²) >= 11 is 0. The molecular formula is C23H48N4. The van der Waals surface area contributed by atoms with Crippen LogP contribution in [-0.2, 0) is 0 Å². The van der Waals surface area contributed by atoms with Gasteiger partial charge in [0, 0.05) is 75.0 Å². The van der Waals surface area contributed by atoms with E-state index in [2.05, 4.69) is 81.9 Å². The molecule has 27 heavy (non-hydrogen) atoms. The first-order chi connectivity index (χ1) is 12.3. The minimum absolute atomic E-state index is 0.306. The van der Waals surface area contributed by atoms with Gasteiger partial charge in [-0.3, -0.25) is 19.6 Å². The van der Waals surface area contributed by atoms with Crippen LogP contribution in [0.4, 0.5) is 0 Å². The highest BCUT2D eigenvalue weighted by atomic mass is 15.3. The predicted octanol–water partition coefficient (Wildman–Crippen LogP) is 3.77. The fraction of sp³-hybridized carbons (Fsp3) is 1.00. The van der Waals surface area contributed by atoms with Gasteiger partial charge in [-0.15, -0.1) is 0 Å². The first kappa shape index (κ1) is 23.1. The fourth-order valence-corrected chi connectivity index (χ4v) is 4.72. The standard InChI is InChI=1S/C23H48N4/c1-20(24-12-14-25(15-13-24)21(2,3)4)10-11-23(8,9)27-18-16-26(17-19-27)22(5,6)7/h20H,10-19H2,1-9H3. The number of hydrogen-bond donors (Lipinski definition) is 0. The van der Waals surface area contributed by atoms with Gasteiger partial charge >= 0.3 is 0 Å². The highest BCUT2D eigenvalue weighted by Gasteiger charge is 2.34. The zero-order chi connectivity index (χ0) is 20.5. The average molecular weight is 381 g/mol. The van der Waals surface area contributed by atoms with Crippen LogP contribution in [0.5, 0.6) is 0 Å². The third kappa shape index (κ3) is 6.42. The molecule has 0 bridgehead atoms. The largest absolute Gasteiger partial charge is 0.298 e. The van der Waals surface area contributed by atoms with Crippen molar-refractivity contribution in [2.75, 3.05) is 52.4 Å². The molecule has 1 unspecified atom stereocenters. The van der Waals surface area contributed by atoms with Crippen LogP contribution in [0.1, 0.15) is 75.2 Å². The highest BCUT2D eigenvalue weighted by molar-refractivity contribution is 4.90. The minimum atomic E-state index is 0.306. The predicted molar refractivity (Wildman–Crippen MR) is 119 cm³/mol. The molecule has 160 valence electrons. The number of nitrogens with zero attached hydrogens (tertiary/aromatic N) is 4. The fourth-order valence-electron chi connectivity index (χ4n) is 4.72. The molecule has 0 aliphatic carbocycles. The van der Waals surface area contributed by atoms with Crippen molar-refractivity contribution < 1.29 is 0 Å². The van der Waals surface area contributed by atoms with Crippen LogP contribution in [-0.4, -0.2) is 94.6 Å². The summed E-state index contributed by atoms with van der Waals surface area (Å²) in [6.45, 7) is 31.1. The summed E-state index contributed by atoms with van der Waals surface area (Å²) in [7, 11) is 0. The molecule has 0 N–H and O–H groups in total. The monoisotopic (exact) mass is 380 g/mol. The Kier molecular flexibility index (Phi) is 7.44. The van der Waals surface area contributed by atoms with Gasteiger partial charge in [0.1, 0.15) is 0 Å². The van der Waals surface area contributed by atoms with E-state index in [0.717, 1.165) is 0 Å². The molecule has 4 nitrogen and oxygen atoms in total. The Balaban J connectivity index is 1.77. The third-order valence-corrected chi connectivity index (χ3v) is 7.14. The quantitative estimate of drug-likeness (QED) is 0.720. The molecule has 2 aliphatic rings. The maximum Gasteiger partial charge on any atom is 0.0154 e. The summed E-state index contributed by atoms with van der Waals surface area (Å²) in [5, 5.41) is 0. The average Bonchev–Trinajstić information content (AvgIpc) is 2.58. The number of hydrogen-bond acceptors (Lipinski definition) is 4. The van der Waals surface area contributed by atoms with Gasteiger partial charge in [-0.25, -0.2) is 0 Å². The zero-order valence-corrected chi connectivity index (χ0v) is 19.9. The van der Waals surface area contributed by atoms with E-state index in [-0.39, 0.29) is 0 Å². The Morgan fingerprint density at radius 2 is 0.963 bits per heavy atom. The van der Waals surface area contributed by atoms with Crippen molar-refractivity contribution in [3.05, 3.63) is 0 Å². The van der Waals surface area contributed by atoms with E-state index in [1.165, 1.54) is 65.2 Å². The molecule has 2 saturated heterocycles. The van der Waals surface area contributed by atoms with E-state index < -0.39 is 0 Å². The Morgan fingerprint density at radius 1 is 0.593 bits per heavy atom. The highest BCUT2D eigenvalue weighted by Crippen LogP contribution is 2.27. The molecule has 2 rings (SSSR count). The van der Waals surface area contributed by atoms with E-state index in [1.54, 1.807) is 0 Å². The Hall–Kier alpha value is -0.160. The first-order valence-corrected chi connectivity index (χ1v) is 11.3. The molecule has 0 saturated carbocycles. The number of piperazine rings is 2. The third-order valence-electron chi connectivity index (χ3n) is 7.14. The molecule has 1 atom stereocenters. The summed E-state index contributed by atoms with van der Waals surface area (Å²) in [5.74, 6) is 0. The normalized spacial score (nSPS) is 24.3. The van der Waals surface area contributed by atoms with Crippen molar-refractivity contribution in [2.24, 2.45) is 0 Å². The van der Waals surface area contributed by atoms with Crippen molar-refractivity contribution >= 4 is 0 Å². The van der Waals surface area contributed by atoms with Gasteiger partial charge < -0.3 is 0 Å². The summed E-state index contributed by atoms with van der Waals surface area (Å²) in [6.07, 6.45) is 2.60. The second kappa shape index (κ2) is 8.69. The molecule has 0 aromatic rings. The van der Waals surface area contributed by atoms with Crippen molar-refractivity contribution in [2.45, 2.75) is 97.8 Å². The van der Waals surface area contributed by atoms with Crippen LogP contribution in [0.25, 0.3) is 0 Å². The van der Waals surface area contributed by atoms with Gasteiger partial charge in [-0.1, -0.05) is 0 Å². The minimum Gasteiger partial charge on any atom is -0.298 e.